The lowest BCUT2D eigenvalue weighted by atomic mass is 9.97. The second kappa shape index (κ2) is 16.9. The van der Waals surface area contributed by atoms with Gasteiger partial charge in [-0.25, -0.2) is 13.2 Å². The van der Waals surface area contributed by atoms with Gasteiger partial charge in [0.15, 0.2) is 17.9 Å². The van der Waals surface area contributed by atoms with Crippen molar-refractivity contribution in [2.24, 2.45) is 5.92 Å². The second-order valence-corrected chi connectivity index (χ2v) is 11.8. The first-order valence-corrected chi connectivity index (χ1v) is 16.1. The molecule has 0 aromatic heterocycles. The van der Waals surface area contributed by atoms with Gasteiger partial charge < -0.3 is 9.47 Å². The summed E-state index contributed by atoms with van der Waals surface area (Å²) in [6.07, 6.45) is 13.8. The third kappa shape index (κ3) is 8.94. The van der Waals surface area contributed by atoms with E-state index in [4.69, 9.17) is 9.47 Å². The minimum Gasteiger partial charge on any atom is -0.348 e. The predicted molar refractivity (Wildman–Crippen MR) is 166 cm³/mol. The Morgan fingerprint density at radius 3 is 1.88 bits per heavy atom. The minimum absolute atomic E-state index is 0.236. The summed E-state index contributed by atoms with van der Waals surface area (Å²) in [7, 11) is 0. The molecule has 1 aliphatic heterocycles. The van der Waals surface area contributed by atoms with Crippen molar-refractivity contribution in [3.05, 3.63) is 83.2 Å². The molecule has 0 radical (unpaired) electrons. The molecule has 2 nitrogen and oxygen atoms in total. The van der Waals surface area contributed by atoms with Gasteiger partial charge in [0.2, 0.25) is 0 Å². The van der Waals surface area contributed by atoms with Crippen LogP contribution in [0.4, 0.5) is 13.2 Å². The van der Waals surface area contributed by atoms with Crippen LogP contribution in [0, 0.1) is 23.4 Å². The van der Waals surface area contributed by atoms with Crippen LogP contribution in [-0.4, -0.2) is 13.2 Å². The minimum atomic E-state index is -0.810. The van der Waals surface area contributed by atoms with Crippen molar-refractivity contribution < 1.29 is 22.6 Å². The SMILES string of the molecule is CCCCCCCCCCc1ccc(-c2ccc(-c3ccc(C4OCC(CCCCC)CO4)c(F)c3)cc2)c(F)c1F. The first kappa shape index (κ1) is 32.3. The molecule has 4 rings (SSSR count). The topological polar surface area (TPSA) is 18.5 Å². The molecule has 42 heavy (non-hydrogen) atoms. The zero-order valence-corrected chi connectivity index (χ0v) is 25.4. The highest BCUT2D eigenvalue weighted by Crippen LogP contribution is 2.33. The fourth-order valence-electron chi connectivity index (χ4n) is 5.77. The highest BCUT2D eigenvalue weighted by atomic mass is 19.2. The zero-order valence-electron chi connectivity index (χ0n) is 25.4. The largest absolute Gasteiger partial charge is 0.348 e. The maximum atomic E-state index is 15.1. The van der Waals surface area contributed by atoms with Crippen LogP contribution in [0.15, 0.2) is 54.6 Å². The number of unbranched alkanes of at least 4 members (excludes halogenated alkanes) is 9. The van der Waals surface area contributed by atoms with E-state index in [0.717, 1.165) is 37.7 Å². The first-order chi connectivity index (χ1) is 20.5. The van der Waals surface area contributed by atoms with Crippen LogP contribution in [0.25, 0.3) is 22.3 Å². The Morgan fingerprint density at radius 2 is 1.21 bits per heavy atom. The molecular weight excluding hydrogens is 533 g/mol. The number of hydrogen-bond donors (Lipinski definition) is 0. The van der Waals surface area contributed by atoms with E-state index in [0.29, 0.717) is 47.8 Å². The van der Waals surface area contributed by atoms with Crippen molar-refractivity contribution in [3.8, 4) is 22.3 Å². The fraction of sp³-hybridized carbons (Fsp3) is 0.514. The van der Waals surface area contributed by atoms with Crippen molar-refractivity contribution in [2.75, 3.05) is 13.2 Å². The van der Waals surface area contributed by atoms with Gasteiger partial charge in [0.1, 0.15) is 5.82 Å². The monoisotopic (exact) mass is 580 g/mol. The van der Waals surface area contributed by atoms with E-state index in [2.05, 4.69) is 13.8 Å². The average molecular weight is 581 g/mol. The van der Waals surface area contributed by atoms with Crippen LogP contribution >= 0.6 is 0 Å². The van der Waals surface area contributed by atoms with Crippen LogP contribution in [-0.2, 0) is 15.9 Å². The summed E-state index contributed by atoms with van der Waals surface area (Å²) in [5, 5.41) is 0. The van der Waals surface area contributed by atoms with Crippen molar-refractivity contribution in [3.63, 3.8) is 0 Å². The molecule has 3 aromatic carbocycles. The second-order valence-electron chi connectivity index (χ2n) is 11.8. The summed E-state index contributed by atoms with van der Waals surface area (Å²) < 4.78 is 56.7. The highest BCUT2D eigenvalue weighted by Gasteiger charge is 2.25. The number of rotatable bonds is 16. The van der Waals surface area contributed by atoms with E-state index in [1.165, 1.54) is 51.0 Å². The van der Waals surface area contributed by atoms with Crippen LogP contribution in [0.5, 0.6) is 0 Å². The quantitative estimate of drug-likeness (QED) is 0.157. The van der Waals surface area contributed by atoms with E-state index in [1.54, 1.807) is 30.3 Å². The lowest BCUT2D eigenvalue weighted by Crippen LogP contribution is -2.27. The number of aryl methyl sites for hydroxylation is 1. The third-order valence-electron chi connectivity index (χ3n) is 8.43. The predicted octanol–water partition coefficient (Wildman–Crippen LogP) is 11.4. The Bertz CT molecular complexity index is 1230. The Labute approximate surface area is 250 Å². The molecule has 0 saturated carbocycles. The lowest BCUT2D eigenvalue weighted by molar-refractivity contribution is -0.207. The van der Waals surface area contributed by atoms with Crippen molar-refractivity contribution >= 4 is 0 Å². The zero-order chi connectivity index (χ0) is 29.7. The lowest BCUT2D eigenvalue weighted by Gasteiger charge is -2.30. The molecule has 5 heteroatoms. The van der Waals surface area contributed by atoms with Gasteiger partial charge in [0.05, 0.1) is 13.2 Å². The maximum Gasteiger partial charge on any atom is 0.186 e. The molecule has 0 amide bonds. The van der Waals surface area contributed by atoms with Crippen molar-refractivity contribution in [2.45, 2.75) is 104 Å². The van der Waals surface area contributed by atoms with Crippen molar-refractivity contribution in [1.82, 2.24) is 0 Å². The summed E-state index contributed by atoms with van der Waals surface area (Å²) >= 11 is 0. The molecule has 0 atom stereocenters. The molecule has 1 fully saturated rings. The summed E-state index contributed by atoms with van der Waals surface area (Å²) in [6, 6.07) is 15.5. The molecule has 3 aromatic rings. The van der Waals surface area contributed by atoms with Crippen LogP contribution in [0.2, 0.25) is 0 Å². The smallest absolute Gasteiger partial charge is 0.186 e. The third-order valence-corrected chi connectivity index (χ3v) is 8.43. The number of hydrogen-bond acceptors (Lipinski definition) is 2. The van der Waals surface area contributed by atoms with E-state index in [9.17, 15) is 4.39 Å². The molecule has 228 valence electrons. The molecule has 1 aliphatic rings. The van der Waals surface area contributed by atoms with Gasteiger partial charge in [-0.1, -0.05) is 127 Å². The number of benzene rings is 3. The van der Waals surface area contributed by atoms with E-state index in [-0.39, 0.29) is 11.4 Å². The number of ether oxygens (including phenoxy) is 2. The molecule has 0 unspecified atom stereocenters. The van der Waals surface area contributed by atoms with Crippen molar-refractivity contribution in [1.29, 1.82) is 0 Å². The molecule has 0 bridgehead atoms. The molecule has 0 N–H and O–H groups in total. The summed E-state index contributed by atoms with van der Waals surface area (Å²) in [5.74, 6) is -1.59. The first-order valence-electron chi connectivity index (χ1n) is 16.1. The van der Waals surface area contributed by atoms with Gasteiger partial charge in [-0.2, -0.15) is 0 Å². The van der Waals surface area contributed by atoms with Gasteiger partial charge in [-0.05, 0) is 47.6 Å². The maximum absolute atomic E-state index is 15.1. The Balaban J connectivity index is 1.32. The van der Waals surface area contributed by atoms with Crippen LogP contribution < -0.4 is 0 Å². The van der Waals surface area contributed by atoms with Gasteiger partial charge in [-0.15, -0.1) is 0 Å². The van der Waals surface area contributed by atoms with Gasteiger partial charge in [0, 0.05) is 17.0 Å². The Hall–Kier alpha value is -2.63. The van der Waals surface area contributed by atoms with Crippen LogP contribution in [0.3, 0.4) is 0 Å². The fourth-order valence-corrected chi connectivity index (χ4v) is 5.77. The van der Waals surface area contributed by atoms with E-state index >= 15 is 8.78 Å². The van der Waals surface area contributed by atoms with E-state index < -0.39 is 17.9 Å². The standard InChI is InChI=1S/C37H47F3O2/c1-3-5-7-8-9-10-11-13-15-30-20-22-32(36(40)35(30)39)29-18-16-28(17-19-29)31-21-23-33(34(38)24-31)37-41-25-27(26-42-37)14-12-6-4-2/h16-24,27,37H,3-15,25-26H2,1-2H3. The van der Waals surface area contributed by atoms with E-state index in [1.807, 2.05) is 18.2 Å². The summed E-state index contributed by atoms with van der Waals surface area (Å²) in [4.78, 5) is 0. The van der Waals surface area contributed by atoms with Gasteiger partial charge in [-0.3, -0.25) is 0 Å². The molecule has 1 saturated heterocycles. The van der Waals surface area contributed by atoms with Crippen LogP contribution in [0.1, 0.15) is 108 Å². The molecule has 0 spiro atoms. The molecule has 0 aliphatic carbocycles. The van der Waals surface area contributed by atoms with Gasteiger partial charge >= 0.3 is 0 Å². The Morgan fingerprint density at radius 1 is 0.619 bits per heavy atom. The Kier molecular flexibility index (Phi) is 13.0. The normalized spacial score (nSPS) is 17.1. The number of halogens is 3. The molecular formula is C37H47F3O2. The average Bonchev–Trinajstić information content (AvgIpc) is 3.01. The highest BCUT2D eigenvalue weighted by molar-refractivity contribution is 5.71. The van der Waals surface area contributed by atoms with Gasteiger partial charge in [0.25, 0.3) is 0 Å². The summed E-state index contributed by atoms with van der Waals surface area (Å²) in [5.41, 5.74) is 3.14. The molecule has 1 heterocycles. The summed E-state index contributed by atoms with van der Waals surface area (Å²) in [6.45, 7) is 5.55.